The fourth-order valence-electron chi connectivity index (χ4n) is 5.56. The van der Waals surface area contributed by atoms with E-state index in [1.165, 1.54) is 0 Å². The molecule has 3 fully saturated rings. The van der Waals surface area contributed by atoms with Crippen molar-refractivity contribution in [2.75, 3.05) is 0 Å². The molecule has 0 aromatic carbocycles. The lowest BCUT2D eigenvalue weighted by molar-refractivity contribution is -0.345. The third-order valence-corrected chi connectivity index (χ3v) is 7.37. The van der Waals surface area contributed by atoms with Crippen molar-refractivity contribution in [3.05, 3.63) is 12.2 Å². The van der Waals surface area contributed by atoms with Crippen LogP contribution in [0.5, 0.6) is 0 Å². The molecule has 2 aliphatic heterocycles. The van der Waals surface area contributed by atoms with E-state index in [0.29, 0.717) is 17.9 Å². The third-order valence-electron chi connectivity index (χ3n) is 7.37. The fraction of sp³-hybridized carbons (Fsp3) is 0.905. The second kappa shape index (κ2) is 7.51. The Morgan fingerprint density at radius 3 is 2.38 bits per heavy atom. The maximum absolute atomic E-state index is 11.8. The zero-order valence-corrected chi connectivity index (χ0v) is 16.6. The third kappa shape index (κ3) is 3.37. The van der Waals surface area contributed by atoms with E-state index in [1.54, 1.807) is 6.92 Å². The zero-order chi connectivity index (χ0) is 19.2. The maximum Gasteiger partial charge on any atom is 0.187 e. The van der Waals surface area contributed by atoms with Crippen LogP contribution in [0.2, 0.25) is 0 Å². The summed E-state index contributed by atoms with van der Waals surface area (Å²) in [5.74, 6) is 0.863. The van der Waals surface area contributed by atoms with Crippen LogP contribution in [0.1, 0.15) is 59.8 Å². The minimum absolute atomic E-state index is 0.0499. The summed E-state index contributed by atoms with van der Waals surface area (Å²) in [6, 6.07) is 0. The summed E-state index contributed by atoms with van der Waals surface area (Å²) < 4.78 is 12.4. The van der Waals surface area contributed by atoms with Crippen molar-refractivity contribution in [3.8, 4) is 0 Å². The van der Waals surface area contributed by atoms with Crippen LogP contribution >= 0.6 is 0 Å². The monoisotopic (exact) mass is 368 g/mol. The van der Waals surface area contributed by atoms with Gasteiger partial charge in [-0.1, -0.05) is 20.4 Å². The Kier molecular flexibility index (Phi) is 5.86. The molecule has 2 saturated heterocycles. The summed E-state index contributed by atoms with van der Waals surface area (Å²) in [4.78, 5) is 0. The van der Waals surface area contributed by atoms with E-state index in [-0.39, 0.29) is 30.0 Å². The number of hydrogen-bond acceptors (Lipinski definition) is 5. The first kappa shape index (κ1) is 20.3. The largest absolute Gasteiger partial charge is 0.389 e. The minimum Gasteiger partial charge on any atom is -0.389 e. The molecule has 10 unspecified atom stereocenters. The van der Waals surface area contributed by atoms with Crippen molar-refractivity contribution in [1.82, 2.24) is 0 Å². The predicted molar refractivity (Wildman–Crippen MR) is 99.4 cm³/mol. The first-order valence-corrected chi connectivity index (χ1v) is 10.2. The summed E-state index contributed by atoms with van der Waals surface area (Å²) in [5.41, 5.74) is -0.545. The van der Waals surface area contributed by atoms with Crippen LogP contribution in [0.25, 0.3) is 0 Å². The molecule has 0 aromatic rings. The van der Waals surface area contributed by atoms with Gasteiger partial charge >= 0.3 is 0 Å². The molecule has 0 spiro atoms. The van der Waals surface area contributed by atoms with Crippen molar-refractivity contribution >= 4 is 0 Å². The summed E-state index contributed by atoms with van der Waals surface area (Å²) in [5, 5.41) is 31.9. The van der Waals surface area contributed by atoms with Crippen LogP contribution in [0, 0.1) is 23.7 Å². The number of aliphatic hydroxyl groups is 3. The second-order valence-electron chi connectivity index (χ2n) is 9.05. The summed E-state index contributed by atoms with van der Waals surface area (Å²) in [6.45, 7) is 11.8. The fourth-order valence-corrected chi connectivity index (χ4v) is 5.56. The van der Waals surface area contributed by atoms with Crippen LogP contribution in [0.3, 0.4) is 0 Å². The van der Waals surface area contributed by atoms with Crippen molar-refractivity contribution in [2.45, 2.75) is 96.1 Å². The Labute approximate surface area is 157 Å². The van der Waals surface area contributed by atoms with Gasteiger partial charge < -0.3 is 24.8 Å². The number of ether oxygens (including phenoxy) is 2. The standard InChI is InChI=1S/C21H36O5/c1-11-6-8-17-14(4)19(10-18(23)13(3)15(5)22)26-20-21(17,24)16(11)9-7-12(2)25-20/h11-12,14-20,22-24H,3,6-10H2,1-2,4-5H3. The van der Waals surface area contributed by atoms with Crippen molar-refractivity contribution in [2.24, 2.45) is 23.7 Å². The van der Waals surface area contributed by atoms with Crippen LogP contribution in [-0.2, 0) is 9.47 Å². The van der Waals surface area contributed by atoms with Gasteiger partial charge in [0.25, 0.3) is 0 Å². The Morgan fingerprint density at radius 1 is 1.08 bits per heavy atom. The number of hydrogen-bond donors (Lipinski definition) is 3. The lowest BCUT2D eigenvalue weighted by Crippen LogP contribution is -2.66. The van der Waals surface area contributed by atoms with Crippen molar-refractivity contribution in [3.63, 3.8) is 0 Å². The molecule has 1 aliphatic carbocycles. The van der Waals surface area contributed by atoms with Gasteiger partial charge in [0.05, 0.1) is 24.4 Å². The van der Waals surface area contributed by atoms with Gasteiger partial charge in [-0.3, -0.25) is 0 Å². The summed E-state index contributed by atoms with van der Waals surface area (Å²) in [7, 11) is 0. The van der Waals surface area contributed by atoms with Crippen LogP contribution in [-0.4, -0.2) is 51.6 Å². The van der Waals surface area contributed by atoms with Gasteiger partial charge in [0.2, 0.25) is 0 Å². The van der Waals surface area contributed by atoms with E-state index in [9.17, 15) is 15.3 Å². The number of rotatable bonds is 4. The molecule has 5 heteroatoms. The molecule has 26 heavy (non-hydrogen) atoms. The van der Waals surface area contributed by atoms with Gasteiger partial charge in [-0.15, -0.1) is 0 Å². The molecule has 0 aromatic heterocycles. The molecule has 150 valence electrons. The molecule has 1 saturated carbocycles. The van der Waals surface area contributed by atoms with E-state index < -0.39 is 24.1 Å². The average Bonchev–Trinajstić information content (AvgIpc) is 2.70. The Bertz CT molecular complexity index is 521. The lowest BCUT2D eigenvalue weighted by Gasteiger charge is -2.57. The second-order valence-corrected chi connectivity index (χ2v) is 9.05. The topological polar surface area (TPSA) is 79.2 Å². The molecule has 10 atom stereocenters. The highest BCUT2D eigenvalue weighted by Gasteiger charge is 2.62. The van der Waals surface area contributed by atoms with Gasteiger partial charge in [0.15, 0.2) is 6.29 Å². The molecule has 0 amide bonds. The lowest BCUT2D eigenvalue weighted by atomic mass is 9.57. The normalized spacial score (nSPS) is 48.2. The predicted octanol–water partition coefficient (Wildman–Crippen LogP) is 2.63. The molecular formula is C21H36O5. The Morgan fingerprint density at radius 2 is 1.73 bits per heavy atom. The SMILES string of the molecule is C=C(C(C)O)C(O)CC1OC2OC(C)CCC3C(C)CCC(C1C)C23O. The Balaban J connectivity index is 1.85. The average molecular weight is 369 g/mol. The summed E-state index contributed by atoms with van der Waals surface area (Å²) >= 11 is 0. The summed E-state index contributed by atoms with van der Waals surface area (Å²) in [6.07, 6.45) is 1.93. The molecule has 2 heterocycles. The van der Waals surface area contributed by atoms with E-state index in [2.05, 4.69) is 20.4 Å². The maximum atomic E-state index is 11.8. The van der Waals surface area contributed by atoms with E-state index >= 15 is 0 Å². The van der Waals surface area contributed by atoms with Gasteiger partial charge in [-0.2, -0.15) is 0 Å². The van der Waals surface area contributed by atoms with Crippen molar-refractivity contribution < 1.29 is 24.8 Å². The zero-order valence-electron chi connectivity index (χ0n) is 16.6. The Hall–Kier alpha value is -0.460. The molecule has 3 aliphatic rings. The van der Waals surface area contributed by atoms with Crippen LogP contribution in [0.4, 0.5) is 0 Å². The minimum atomic E-state index is -0.954. The quantitative estimate of drug-likeness (QED) is 0.665. The molecule has 0 bridgehead atoms. The first-order chi connectivity index (χ1) is 12.2. The van der Waals surface area contributed by atoms with Gasteiger partial charge in [0.1, 0.15) is 5.60 Å². The number of aliphatic hydroxyl groups excluding tert-OH is 2. The molecular weight excluding hydrogens is 332 g/mol. The smallest absolute Gasteiger partial charge is 0.187 e. The van der Waals surface area contributed by atoms with E-state index in [0.717, 1.165) is 25.7 Å². The molecule has 3 rings (SSSR count). The molecule has 0 radical (unpaired) electrons. The van der Waals surface area contributed by atoms with Gasteiger partial charge in [0, 0.05) is 6.42 Å². The van der Waals surface area contributed by atoms with Crippen molar-refractivity contribution in [1.29, 1.82) is 0 Å². The molecule has 3 N–H and O–H groups in total. The first-order valence-electron chi connectivity index (χ1n) is 10.2. The van der Waals surface area contributed by atoms with E-state index in [1.807, 2.05) is 6.92 Å². The highest BCUT2D eigenvalue weighted by atomic mass is 16.7. The molecule has 5 nitrogen and oxygen atoms in total. The highest BCUT2D eigenvalue weighted by Crippen LogP contribution is 2.55. The van der Waals surface area contributed by atoms with Crippen LogP contribution in [0.15, 0.2) is 12.2 Å². The van der Waals surface area contributed by atoms with Gasteiger partial charge in [-0.05, 0) is 68.8 Å². The highest BCUT2D eigenvalue weighted by molar-refractivity contribution is 5.10. The van der Waals surface area contributed by atoms with E-state index in [4.69, 9.17) is 9.47 Å². The van der Waals surface area contributed by atoms with Gasteiger partial charge in [-0.25, -0.2) is 0 Å². The van der Waals surface area contributed by atoms with Crippen LogP contribution < -0.4 is 0 Å².